The van der Waals surface area contributed by atoms with Crippen molar-refractivity contribution < 1.29 is 9.90 Å². The fraction of sp³-hybridized carbons (Fsp3) is 0. The highest BCUT2D eigenvalue weighted by Crippen LogP contribution is 2.25. The first kappa shape index (κ1) is 11.6. The summed E-state index contributed by atoms with van der Waals surface area (Å²) in [7, 11) is 0. The van der Waals surface area contributed by atoms with Crippen LogP contribution >= 0.6 is 15.9 Å². The molecular weight excluding hydrogens is 284 g/mol. The molecule has 0 radical (unpaired) electrons. The Hall–Kier alpha value is -1.88. The Bertz CT molecular complexity index is 567. The minimum absolute atomic E-state index is 0.260. The SMILES string of the molecule is Nc1ncc(-c2ccc(C(=O)O)cc2)cc1Br. The molecule has 0 aliphatic heterocycles. The van der Waals surface area contributed by atoms with E-state index in [1.165, 1.54) is 0 Å². The van der Waals surface area contributed by atoms with Gasteiger partial charge in [-0.2, -0.15) is 0 Å². The molecular formula is C12H9BrN2O2. The third kappa shape index (κ3) is 2.45. The Kier molecular flexibility index (Phi) is 3.10. The van der Waals surface area contributed by atoms with Crippen LogP contribution in [0.2, 0.25) is 0 Å². The highest BCUT2D eigenvalue weighted by atomic mass is 79.9. The lowest BCUT2D eigenvalue weighted by Crippen LogP contribution is -1.95. The summed E-state index contributed by atoms with van der Waals surface area (Å²) in [6.45, 7) is 0. The second kappa shape index (κ2) is 4.55. The van der Waals surface area contributed by atoms with Gasteiger partial charge in [0.25, 0.3) is 0 Å². The van der Waals surface area contributed by atoms with Gasteiger partial charge >= 0.3 is 5.97 Å². The minimum atomic E-state index is -0.937. The number of aromatic nitrogens is 1. The Morgan fingerprint density at radius 1 is 1.24 bits per heavy atom. The number of hydrogen-bond donors (Lipinski definition) is 2. The fourth-order valence-corrected chi connectivity index (χ4v) is 1.76. The molecule has 1 aromatic carbocycles. The first-order valence-electron chi connectivity index (χ1n) is 4.82. The van der Waals surface area contributed by atoms with Crippen LogP contribution < -0.4 is 5.73 Å². The summed E-state index contributed by atoms with van der Waals surface area (Å²) in [5.74, 6) is -0.510. The van der Waals surface area contributed by atoms with Gasteiger partial charge < -0.3 is 10.8 Å². The van der Waals surface area contributed by atoms with Gasteiger partial charge in [-0.1, -0.05) is 12.1 Å². The maximum atomic E-state index is 10.7. The number of hydrogen-bond acceptors (Lipinski definition) is 3. The van der Waals surface area contributed by atoms with Crippen LogP contribution in [0.3, 0.4) is 0 Å². The number of carbonyl (C=O) groups is 1. The van der Waals surface area contributed by atoms with Crippen molar-refractivity contribution in [2.24, 2.45) is 0 Å². The molecule has 17 heavy (non-hydrogen) atoms. The van der Waals surface area contributed by atoms with E-state index in [9.17, 15) is 4.79 Å². The second-order valence-corrected chi connectivity index (χ2v) is 4.33. The van der Waals surface area contributed by atoms with Gasteiger partial charge in [-0.25, -0.2) is 9.78 Å². The van der Waals surface area contributed by atoms with Crippen molar-refractivity contribution >= 4 is 27.7 Å². The fourth-order valence-electron chi connectivity index (χ4n) is 1.41. The summed E-state index contributed by atoms with van der Waals surface area (Å²) in [4.78, 5) is 14.7. The summed E-state index contributed by atoms with van der Waals surface area (Å²) in [6.07, 6.45) is 1.65. The van der Waals surface area contributed by atoms with Crippen molar-refractivity contribution in [3.63, 3.8) is 0 Å². The monoisotopic (exact) mass is 292 g/mol. The van der Waals surface area contributed by atoms with Gasteiger partial charge in [-0.3, -0.25) is 0 Å². The van der Waals surface area contributed by atoms with E-state index in [1.807, 2.05) is 6.07 Å². The summed E-state index contributed by atoms with van der Waals surface area (Å²) in [5, 5.41) is 8.79. The Labute approximate surface area is 106 Å². The first-order valence-corrected chi connectivity index (χ1v) is 5.62. The molecule has 0 bridgehead atoms. The normalized spacial score (nSPS) is 10.2. The molecule has 0 aliphatic carbocycles. The lowest BCUT2D eigenvalue weighted by molar-refractivity contribution is 0.0697. The van der Waals surface area contributed by atoms with Gasteiger partial charge in [0.1, 0.15) is 5.82 Å². The summed E-state index contributed by atoms with van der Waals surface area (Å²) < 4.78 is 0.720. The van der Waals surface area contributed by atoms with Crippen LogP contribution in [0.5, 0.6) is 0 Å². The molecule has 0 amide bonds. The van der Waals surface area contributed by atoms with Gasteiger partial charge in [-0.05, 0) is 39.7 Å². The first-order chi connectivity index (χ1) is 8.08. The molecule has 1 heterocycles. The van der Waals surface area contributed by atoms with Crippen LogP contribution in [0.1, 0.15) is 10.4 Å². The van der Waals surface area contributed by atoms with E-state index in [4.69, 9.17) is 10.8 Å². The number of pyridine rings is 1. The summed E-state index contributed by atoms with van der Waals surface area (Å²) in [6, 6.07) is 8.44. The van der Waals surface area contributed by atoms with Crippen molar-refractivity contribution in [3.8, 4) is 11.1 Å². The Balaban J connectivity index is 2.39. The van der Waals surface area contributed by atoms with Crippen LogP contribution in [0.15, 0.2) is 41.0 Å². The Morgan fingerprint density at radius 2 is 1.88 bits per heavy atom. The molecule has 0 saturated carbocycles. The Morgan fingerprint density at radius 3 is 2.41 bits per heavy atom. The average Bonchev–Trinajstić information content (AvgIpc) is 2.33. The minimum Gasteiger partial charge on any atom is -0.478 e. The molecule has 86 valence electrons. The zero-order chi connectivity index (χ0) is 12.4. The summed E-state index contributed by atoms with van der Waals surface area (Å²) in [5.41, 5.74) is 7.62. The van der Waals surface area contributed by atoms with Crippen LogP contribution in [0.4, 0.5) is 5.82 Å². The van der Waals surface area contributed by atoms with Gasteiger partial charge in [0.2, 0.25) is 0 Å². The van der Waals surface area contributed by atoms with E-state index in [2.05, 4.69) is 20.9 Å². The van der Waals surface area contributed by atoms with Crippen molar-refractivity contribution in [3.05, 3.63) is 46.6 Å². The van der Waals surface area contributed by atoms with E-state index in [1.54, 1.807) is 30.5 Å². The van der Waals surface area contributed by atoms with Crippen molar-refractivity contribution in [1.82, 2.24) is 4.98 Å². The topological polar surface area (TPSA) is 76.2 Å². The molecule has 4 nitrogen and oxygen atoms in total. The van der Waals surface area contributed by atoms with Crippen LogP contribution in [0.25, 0.3) is 11.1 Å². The third-order valence-electron chi connectivity index (χ3n) is 2.33. The van der Waals surface area contributed by atoms with E-state index < -0.39 is 5.97 Å². The van der Waals surface area contributed by atoms with E-state index >= 15 is 0 Å². The van der Waals surface area contributed by atoms with Gasteiger partial charge in [-0.15, -0.1) is 0 Å². The number of nitrogens with zero attached hydrogens (tertiary/aromatic N) is 1. The number of nitrogen functional groups attached to an aromatic ring is 1. The zero-order valence-corrected chi connectivity index (χ0v) is 10.3. The maximum absolute atomic E-state index is 10.7. The molecule has 0 atom stereocenters. The van der Waals surface area contributed by atoms with Gasteiger partial charge in [0, 0.05) is 11.8 Å². The molecule has 0 spiro atoms. The molecule has 2 rings (SSSR count). The number of rotatable bonds is 2. The van der Waals surface area contributed by atoms with Crippen molar-refractivity contribution in [2.75, 3.05) is 5.73 Å². The zero-order valence-electron chi connectivity index (χ0n) is 8.72. The molecule has 2 aromatic rings. The lowest BCUT2D eigenvalue weighted by Gasteiger charge is -2.04. The number of nitrogens with two attached hydrogens (primary N) is 1. The number of halogens is 1. The van der Waals surface area contributed by atoms with Crippen LogP contribution in [-0.4, -0.2) is 16.1 Å². The largest absolute Gasteiger partial charge is 0.478 e. The van der Waals surface area contributed by atoms with Gasteiger partial charge in [0.15, 0.2) is 0 Å². The predicted molar refractivity (Wildman–Crippen MR) is 68.7 cm³/mol. The average molecular weight is 293 g/mol. The second-order valence-electron chi connectivity index (χ2n) is 3.47. The molecule has 0 aliphatic rings. The van der Waals surface area contributed by atoms with Crippen LogP contribution in [0, 0.1) is 0 Å². The number of carboxylic acid groups (broad SMARTS) is 1. The molecule has 0 fully saturated rings. The standard InChI is InChI=1S/C12H9BrN2O2/c13-10-5-9(6-15-11(10)14)7-1-3-8(4-2-7)12(16)17/h1-6H,(H2,14,15)(H,16,17). The van der Waals surface area contributed by atoms with Crippen molar-refractivity contribution in [2.45, 2.75) is 0 Å². The molecule has 3 N–H and O–H groups in total. The molecule has 0 unspecified atom stereocenters. The van der Waals surface area contributed by atoms with E-state index in [0.29, 0.717) is 5.82 Å². The van der Waals surface area contributed by atoms with Gasteiger partial charge in [0.05, 0.1) is 10.0 Å². The lowest BCUT2D eigenvalue weighted by atomic mass is 10.1. The number of carboxylic acids is 1. The molecule has 5 heteroatoms. The maximum Gasteiger partial charge on any atom is 0.335 e. The number of anilines is 1. The quantitative estimate of drug-likeness (QED) is 0.892. The molecule has 0 saturated heterocycles. The highest BCUT2D eigenvalue weighted by Gasteiger charge is 2.05. The van der Waals surface area contributed by atoms with E-state index in [-0.39, 0.29) is 5.56 Å². The van der Waals surface area contributed by atoms with Crippen LogP contribution in [-0.2, 0) is 0 Å². The smallest absolute Gasteiger partial charge is 0.335 e. The predicted octanol–water partition coefficient (Wildman–Crippen LogP) is 2.79. The summed E-state index contributed by atoms with van der Waals surface area (Å²) >= 11 is 3.30. The van der Waals surface area contributed by atoms with Crippen molar-refractivity contribution in [1.29, 1.82) is 0 Å². The number of benzene rings is 1. The number of aromatic carboxylic acids is 1. The third-order valence-corrected chi connectivity index (χ3v) is 2.97. The molecule has 1 aromatic heterocycles. The van der Waals surface area contributed by atoms with E-state index in [0.717, 1.165) is 15.6 Å². The highest BCUT2D eigenvalue weighted by molar-refractivity contribution is 9.10.